The maximum absolute atomic E-state index is 10.8. The number of hydrogen-bond acceptors (Lipinski definition) is 2. The van der Waals surface area contributed by atoms with E-state index in [4.69, 9.17) is 4.74 Å². The van der Waals surface area contributed by atoms with Gasteiger partial charge in [0.25, 0.3) is 0 Å². The summed E-state index contributed by atoms with van der Waals surface area (Å²) < 4.78 is 7.73. The number of fused-ring (bicyclic) bond motifs is 1. The molecule has 3 nitrogen and oxygen atoms in total. The van der Waals surface area contributed by atoms with Gasteiger partial charge in [-0.05, 0) is 23.1 Å². The highest BCUT2D eigenvalue weighted by Gasteiger charge is 2.02. The fourth-order valence-electron chi connectivity index (χ4n) is 2.22. The van der Waals surface area contributed by atoms with E-state index in [9.17, 15) is 4.79 Å². The van der Waals surface area contributed by atoms with Crippen LogP contribution in [-0.2, 0) is 18.1 Å². The molecule has 0 radical (unpaired) electrons. The summed E-state index contributed by atoms with van der Waals surface area (Å²) in [5.74, 6) is 0. The van der Waals surface area contributed by atoms with Crippen LogP contribution in [0.2, 0.25) is 0 Å². The maximum atomic E-state index is 10.8. The molecule has 100 valence electrons. The van der Waals surface area contributed by atoms with Gasteiger partial charge in [0.15, 0.2) is 0 Å². The van der Waals surface area contributed by atoms with Crippen LogP contribution in [0.5, 0.6) is 0 Å². The Morgan fingerprint density at radius 1 is 1.05 bits per heavy atom. The zero-order valence-corrected chi connectivity index (χ0v) is 11.0. The van der Waals surface area contributed by atoms with Crippen molar-refractivity contribution in [1.82, 2.24) is 4.57 Å². The Balaban J connectivity index is 1.72. The van der Waals surface area contributed by atoms with Gasteiger partial charge in [0.2, 0.25) is 0 Å². The Morgan fingerprint density at radius 3 is 2.70 bits per heavy atom. The van der Waals surface area contributed by atoms with Crippen molar-refractivity contribution < 1.29 is 9.53 Å². The van der Waals surface area contributed by atoms with Crippen LogP contribution < -0.4 is 0 Å². The highest BCUT2D eigenvalue weighted by Crippen LogP contribution is 2.17. The highest BCUT2D eigenvalue weighted by molar-refractivity contribution is 5.87. The van der Waals surface area contributed by atoms with E-state index in [1.165, 1.54) is 0 Å². The monoisotopic (exact) mass is 265 g/mol. The average Bonchev–Trinajstić information content (AvgIpc) is 2.91. The van der Waals surface area contributed by atoms with E-state index in [-0.39, 0.29) is 0 Å². The molecule has 0 aliphatic carbocycles. The zero-order valence-electron chi connectivity index (χ0n) is 11.0. The molecule has 0 atom stereocenters. The fraction of sp³-hybridized carbons (Fsp3) is 0.118. The summed E-state index contributed by atoms with van der Waals surface area (Å²) in [6.45, 7) is 1.05. The summed E-state index contributed by atoms with van der Waals surface area (Å²) in [5.41, 5.74) is 2.85. The van der Waals surface area contributed by atoms with Crippen molar-refractivity contribution in [3.05, 3.63) is 71.9 Å². The lowest BCUT2D eigenvalue weighted by molar-refractivity contribution is 0.0668. The van der Waals surface area contributed by atoms with E-state index >= 15 is 0 Å². The van der Waals surface area contributed by atoms with Crippen LogP contribution in [0.25, 0.3) is 10.9 Å². The van der Waals surface area contributed by atoms with Crippen molar-refractivity contribution in [1.29, 1.82) is 0 Å². The number of aldehydes is 1. The van der Waals surface area contributed by atoms with Crippen LogP contribution in [0, 0.1) is 0 Å². The fourth-order valence-corrected chi connectivity index (χ4v) is 2.22. The van der Waals surface area contributed by atoms with Crippen LogP contribution >= 0.6 is 0 Å². The van der Waals surface area contributed by atoms with E-state index in [1.54, 1.807) is 0 Å². The second-order valence-corrected chi connectivity index (χ2v) is 4.68. The molecule has 3 heteroatoms. The van der Waals surface area contributed by atoms with Gasteiger partial charge >= 0.3 is 0 Å². The van der Waals surface area contributed by atoms with Gasteiger partial charge in [0.1, 0.15) is 13.0 Å². The first-order chi connectivity index (χ1) is 9.86. The topological polar surface area (TPSA) is 31.2 Å². The Hall–Kier alpha value is -2.39. The molecule has 0 bridgehead atoms. The van der Waals surface area contributed by atoms with E-state index < -0.39 is 0 Å². The molecule has 3 rings (SSSR count). The number of benzene rings is 2. The third-order valence-electron chi connectivity index (χ3n) is 3.28. The number of carbonyl (C=O) groups is 1. The Kier molecular flexibility index (Phi) is 3.61. The van der Waals surface area contributed by atoms with Crippen molar-refractivity contribution >= 4 is 17.2 Å². The molecule has 3 aromatic rings. The van der Waals surface area contributed by atoms with Gasteiger partial charge < -0.3 is 9.30 Å². The quantitative estimate of drug-likeness (QED) is 0.660. The van der Waals surface area contributed by atoms with Crippen molar-refractivity contribution in [2.45, 2.75) is 13.3 Å². The molecule has 1 aromatic heterocycles. The number of rotatable bonds is 5. The van der Waals surface area contributed by atoms with Crippen molar-refractivity contribution in [2.24, 2.45) is 0 Å². The van der Waals surface area contributed by atoms with Gasteiger partial charge in [-0.25, -0.2) is 0 Å². The van der Waals surface area contributed by atoms with E-state index in [0.29, 0.717) is 18.9 Å². The van der Waals surface area contributed by atoms with Crippen LogP contribution in [0.3, 0.4) is 0 Å². The lowest BCUT2D eigenvalue weighted by Gasteiger charge is -2.07. The molecule has 0 spiro atoms. The van der Waals surface area contributed by atoms with Gasteiger partial charge in [-0.15, -0.1) is 0 Å². The average molecular weight is 265 g/mol. The largest absolute Gasteiger partial charge is 0.356 e. The molecule has 2 aromatic carbocycles. The minimum atomic E-state index is 0.473. The zero-order chi connectivity index (χ0) is 13.8. The summed E-state index contributed by atoms with van der Waals surface area (Å²) in [4.78, 5) is 10.8. The molecule has 0 amide bonds. The molecular weight excluding hydrogens is 250 g/mol. The van der Waals surface area contributed by atoms with Gasteiger partial charge in [-0.1, -0.05) is 42.5 Å². The molecule has 0 N–H and O–H groups in total. The Labute approximate surface area is 117 Å². The first kappa shape index (κ1) is 12.6. The highest BCUT2D eigenvalue weighted by atomic mass is 16.5. The third-order valence-corrected chi connectivity index (χ3v) is 3.28. The van der Waals surface area contributed by atoms with Crippen LogP contribution in [-0.4, -0.2) is 10.9 Å². The van der Waals surface area contributed by atoms with Gasteiger partial charge in [-0.3, -0.25) is 4.79 Å². The summed E-state index contributed by atoms with van der Waals surface area (Å²) >= 11 is 0. The number of hydrogen-bond donors (Lipinski definition) is 0. The standard InChI is InChI=1S/C17H15NO2/c19-11-15-6-7-16-8-9-18(17(16)10-15)13-20-12-14-4-2-1-3-5-14/h1-11H,12-13H2. The van der Waals surface area contributed by atoms with Crippen molar-refractivity contribution in [2.75, 3.05) is 0 Å². The van der Waals surface area contributed by atoms with Crippen LogP contribution in [0.1, 0.15) is 15.9 Å². The van der Waals surface area contributed by atoms with Gasteiger partial charge in [0, 0.05) is 11.8 Å². The lowest BCUT2D eigenvalue weighted by atomic mass is 10.2. The summed E-state index contributed by atoms with van der Waals surface area (Å²) in [7, 11) is 0. The van der Waals surface area contributed by atoms with Crippen LogP contribution in [0.4, 0.5) is 0 Å². The van der Waals surface area contributed by atoms with E-state index in [1.807, 2.05) is 65.4 Å². The first-order valence-corrected chi connectivity index (χ1v) is 6.52. The molecular formula is C17H15NO2. The van der Waals surface area contributed by atoms with E-state index in [2.05, 4.69) is 0 Å². The molecule has 0 saturated carbocycles. The lowest BCUT2D eigenvalue weighted by Crippen LogP contribution is -2.01. The molecule has 0 saturated heterocycles. The van der Waals surface area contributed by atoms with Gasteiger partial charge in [0.05, 0.1) is 12.1 Å². The number of ether oxygens (including phenoxy) is 1. The van der Waals surface area contributed by atoms with Gasteiger partial charge in [-0.2, -0.15) is 0 Å². The second kappa shape index (κ2) is 5.72. The third kappa shape index (κ3) is 2.63. The predicted molar refractivity (Wildman–Crippen MR) is 78.6 cm³/mol. The minimum absolute atomic E-state index is 0.473. The summed E-state index contributed by atoms with van der Waals surface area (Å²) in [6.07, 6.45) is 2.84. The number of carbonyl (C=O) groups excluding carboxylic acids is 1. The molecule has 0 unspecified atom stereocenters. The normalized spacial score (nSPS) is 10.8. The smallest absolute Gasteiger partial charge is 0.150 e. The molecule has 1 heterocycles. The Bertz CT molecular complexity index is 716. The Morgan fingerprint density at radius 2 is 1.90 bits per heavy atom. The SMILES string of the molecule is O=Cc1ccc2ccn(COCc3ccccc3)c2c1. The van der Waals surface area contributed by atoms with Crippen LogP contribution in [0.15, 0.2) is 60.8 Å². The molecule has 20 heavy (non-hydrogen) atoms. The molecule has 0 fully saturated rings. The summed E-state index contributed by atoms with van der Waals surface area (Å²) in [6, 6.07) is 17.8. The molecule has 0 aliphatic rings. The number of aromatic nitrogens is 1. The van der Waals surface area contributed by atoms with Crippen molar-refractivity contribution in [3.63, 3.8) is 0 Å². The molecule has 0 aliphatic heterocycles. The first-order valence-electron chi connectivity index (χ1n) is 6.52. The minimum Gasteiger partial charge on any atom is -0.356 e. The second-order valence-electron chi connectivity index (χ2n) is 4.68. The maximum Gasteiger partial charge on any atom is 0.150 e. The number of nitrogens with zero attached hydrogens (tertiary/aromatic N) is 1. The van der Waals surface area contributed by atoms with Crippen molar-refractivity contribution in [3.8, 4) is 0 Å². The summed E-state index contributed by atoms with van der Waals surface area (Å²) in [5, 5.41) is 1.11. The predicted octanol–water partition coefficient (Wildman–Crippen LogP) is 3.63. The van der Waals surface area contributed by atoms with E-state index in [0.717, 1.165) is 22.8 Å².